The number of rotatable bonds is 9. The molecule has 3 aromatic rings. The summed E-state index contributed by atoms with van der Waals surface area (Å²) in [6, 6.07) is 7.16. The number of halogens is 1. The number of pyridine rings is 1. The first kappa shape index (κ1) is 25.6. The fourth-order valence-corrected chi connectivity index (χ4v) is 4.38. The van der Waals surface area contributed by atoms with Crippen molar-refractivity contribution in [3.05, 3.63) is 45.8 Å². The Labute approximate surface area is 214 Å². The van der Waals surface area contributed by atoms with Crippen molar-refractivity contribution in [1.82, 2.24) is 14.5 Å². The predicted octanol–water partition coefficient (Wildman–Crippen LogP) is 4.54. The number of fused-ring (bicyclic) bond motifs is 1. The number of aromatic nitrogens is 3. The molecule has 1 aliphatic rings. The molecule has 0 saturated carbocycles. The Bertz CT molecular complexity index is 1330. The Morgan fingerprint density at radius 3 is 2.69 bits per heavy atom. The van der Waals surface area contributed by atoms with Crippen molar-refractivity contribution in [3.63, 3.8) is 0 Å². The van der Waals surface area contributed by atoms with Crippen LogP contribution in [0.5, 0.6) is 5.75 Å². The minimum atomic E-state index is -0.274. The first-order valence-electron chi connectivity index (χ1n) is 12.1. The Kier molecular flexibility index (Phi) is 7.88. The first-order valence-corrected chi connectivity index (χ1v) is 12.5. The van der Waals surface area contributed by atoms with Crippen LogP contribution in [0, 0.1) is 5.92 Å². The molecule has 0 radical (unpaired) electrons. The van der Waals surface area contributed by atoms with Crippen LogP contribution in [0.2, 0.25) is 5.02 Å². The number of anilines is 3. The van der Waals surface area contributed by atoms with Crippen LogP contribution in [0.3, 0.4) is 0 Å². The highest BCUT2D eigenvalue weighted by atomic mass is 35.5. The Hall–Kier alpha value is -3.46. The van der Waals surface area contributed by atoms with E-state index in [4.69, 9.17) is 16.3 Å². The largest absolute Gasteiger partial charge is 0.480 e. The van der Waals surface area contributed by atoms with Crippen LogP contribution in [0.25, 0.3) is 10.9 Å². The lowest BCUT2D eigenvalue weighted by atomic mass is 9.99. The molecule has 10 heteroatoms. The smallest absolute Gasteiger partial charge is 0.293 e. The third-order valence-electron chi connectivity index (χ3n) is 6.31. The molecule has 0 spiro atoms. The maximum atomic E-state index is 13.0. The summed E-state index contributed by atoms with van der Waals surface area (Å²) in [6.07, 6.45) is 4.47. The van der Waals surface area contributed by atoms with Gasteiger partial charge in [0.15, 0.2) is 17.4 Å². The summed E-state index contributed by atoms with van der Waals surface area (Å²) in [5, 5.41) is 4.40. The molecule has 0 unspecified atom stereocenters. The Balaban J connectivity index is 1.64. The highest BCUT2D eigenvalue weighted by molar-refractivity contribution is 6.32. The number of carbonyl (C=O) groups is 2. The molecule has 0 amide bonds. The van der Waals surface area contributed by atoms with Crippen LogP contribution in [0.1, 0.15) is 46.1 Å². The van der Waals surface area contributed by atoms with Crippen molar-refractivity contribution in [1.29, 1.82) is 0 Å². The predicted molar refractivity (Wildman–Crippen MR) is 141 cm³/mol. The first-order chi connectivity index (χ1) is 17.3. The van der Waals surface area contributed by atoms with Gasteiger partial charge in [0.2, 0.25) is 5.95 Å². The number of nitrogens with zero attached hydrogens (tertiary/aromatic N) is 4. The van der Waals surface area contributed by atoms with Crippen LogP contribution in [-0.2, 0) is 9.59 Å². The highest BCUT2D eigenvalue weighted by Crippen LogP contribution is 2.29. The molecule has 1 N–H and O–H groups in total. The minimum Gasteiger partial charge on any atom is -0.480 e. The van der Waals surface area contributed by atoms with Gasteiger partial charge in [0, 0.05) is 42.5 Å². The number of aldehydes is 1. The topological polar surface area (TPSA) is 106 Å². The van der Waals surface area contributed by atoms with E-state index < -0.39 is 0 Å². The molecule has 4 rings (SSSR count). The van der Waals surface area contributed by atoms with E-state index in [2.05, 4.69) is 15.3 Å². The van der Waals surface area contributed by atoms with E-state index in [1.165, 1.54) is 0 Å². The summed E-state index contributed by atoms with van der Waals surface area (Å²) >= 11 is 6.40. The number of ether oxygens (including phenoxy) is 1. The third-order valence-corrected chi connectivity index (χ3v) is 6.59. The van der Waals surface area contributed by atoms with Crippen molar-refractivity contribution in [2.24, 2.45) is 5.92 Å². The van der Waals surface area contributed by atoms with E-state index in [9.17, 15) is 14.4 Å². The molecule has 0 bridgehead atoms. The normalized spacial score (nSPS) is 14.3. The van der Waals surface area contributed by atoms with Crippen molar-refractivity contribution < 1.29 is 14.3 Å². The molecule has 190 valence electrons. The van der Waals surface area contributed by atoms with Crippen molar-refractivity contribution in [3.8, 4) is 5.75 Å². The van der Waals surface area contributed by atoms with E-state index >= 15 is 0 Å². The number of hydrogen-bond acceptors (Lipinski definition) is 8. The second-order valence-corrected chi connectivity index (χ2v) is 9.59. The standard InChI is InChI=1S/C26H30ClN5O4/c1-4-20(34)15-36-23-12-18-11-19(5-6-22(18)32(16(2)3)25(23)35)29-24-21(27)13-28-26(30-24)31-9-7-17(14-33)8-10-31/h5-6,11-14,16-17H,4,7-10,15H2,1-3H3,(H,28,29,30). The summed E-state index contributed by atoms with van der Waals surface area (Å²) in [5.74, 6) is 1.15. The summed E-state index contributed by atoms with van der Waals surface area (Å²) in [4.78, 5) is 46.9. The molecule has 36 heavy (non-hydrogen) atoms. The van der Waals surface area contributed by atoms with Gasteiger partial charge in [-0.05, 0) is 51.0 Å². The molecule has 9 nitrogen and oxygen atoms in total. The fraction of sp³-hybridized carbons (Fsp3) is 0.423. The SMILES string of the molecule is CCC(=O)COc1cc2cc(Nc3nc(N4CCC(C=O)CC4)ncc3Cl)ccc2n(C(C)C)c1=O. The van der Waals surface area contributed by atoms with Gasteiger partial charge < -0.3 is 24.3 Å². The maximum absolute atomic E-state index is 13.0. The number of piperidine rings is 1. The lowest BCUT2D eigenvalue weighted by molar-refractivity contribution is -0.120. The molecule has 1 aliphatic heterocycles. The van der Waals surface area contributed by atoms with Gasteiger partial charge in [-0.1, -0.05) is 18.5 Å². The van der Waals surface area contributed by atoms with Crippen LogP contribution in [0.15, 0.2) is 35.3 Å². The van der Waals surface area contributed by atoms with Crippen LogP contribution < -0.4 is 20.5 Å². The summed E-state index contributed by atoms with van der Waals surface area (Å²) in [6.45, 7) is 6.87. The van der Waals surface area contributed by atoms with E-state index in [0.29, 0.717) is 36.3 Å². The average Bonchev–Trinajstić information content (AvgIpc) is 2.88. The van der Waals surface area contributed by atoms with Gasteiger partial charge in [0.25, 0.3) is 5.56 Å². The molecule has 1 fully saturated rings. The zero-order valence-corrected chi connectivity index (χ0v) is 21.4. The average molecular weight is 512 g/mol. The number of hydrogen-bond donors (Lipinski definition) is 1. The number of nitrogens with one attached hydrogen (secondary N) is 1. The zero-order chi connectivity index (χ0) is 25.8. The zero-order valence-electron chi connectivity index (χ0n) is 20.7. The lowest BCUT2D eigenvalue weighted by Gasteiger charge is -2.29. The van der Waals surface area contributed by atoms with Gasteiger partial charge >= 0.3 is 0 Å². The van der Waals surface area contributed by atoms with Gasteiger partial charge in [0.05, 0.1) is 11.7 Å². The van der Waals surface area contributed by atoms with Crippen LogP contribution in [0.4, 0.5) is 17.5 Å². The number of Topliss-reactive ketones (excluding diaryl/α,β-unsaturated/α-hetero) is 1. The van der Waals surface area contributed by atoms with E-state index in [-0.39, 0.29) is 35.7 Å². The minimum absolute atomic E-state index is 0.0781. The molecular weight excluding hydrogens is 482 g/mol. The summed E-state index contributed by atoms with van der Waals surface area (Å²) in [7, 11) is 0. The summed E-state index contributed by atoms with van der Waals surface area (Å²) in [5.41, 5.74) is 1.20. The van der Waals surface area contributed by atoms with Crippen molar-refractivity contribution in [2.75, 3.05) is 29.9 Å². The lowest BCUT2D eigenvalue weighted by Crippen LogP contribution is -2.35. The van der Waals surface area contributed by atoms with Crippen molar-refractivity contribution in [2.45, 2.75) is 46.1 Å². The second-order valence-electron chi connectivity index (χ2n) is 9.18. The van der Waals surface area contributed by atoms with Crippen LogP contribution in [-0.4, -0.2) is 46.3 Å². The van der Waals surface area contributed by atoms with Gasteiger partial charge in [-0.2, -0.15) is 4.98 Å². The number of ketones is 1. The van der Waals surface area contributed by atoms with Gasteiger partial charge in [-0.15, -0.1) is 0 Å². The molecule has 1 saturated heterocycles. The molecular formula is C26H30ClN5O4. The Morgan fingerprint density at radius 1 is 1.28 bits per heavy atom. The fourth-order valence-electron chi connectivity index (χ4n) is 4.24. The van der Waals surface area contributed by atoms with E-state index in [1.807, 2.05) is 36.9 Å². The van der Waals surface area contributed by atoms with Gasteiger partial charge in [-0.3, -0.25) is 9.59 Å². The Morgan fingerprint density at radius 2 is 2.03 bits per heavy atom. The second kappa shape index (κ2) is 11.1. The molecule has 3 heterocycles. The summed E-state index contributed by atoms with van der Waals surface area (Å²) < 4.78 is 7.25. The molecule has 1 aromatic carbocycles. The van der Waals surface area contributed by atoms with Crippen LogP contribution >= 0.6 is 11.6 Å². The highest BCUT2D eigenvalue weighted by Gasteiger charge is 2.21. The molecule has 0 aliphatic carbocycles. The number of carbonyl (C=O) groups excluding carboxylic acids is 2. The van der Waals surface area contributed by atoms with E-state index in [1.54, 1.807) is 23.8 Å². The van der Waals surface area contributed by atoms with Gasteiger partial charge in [-0.25, -0.2) is 4.98 Å². The molecule has 2 aromatic heterocycles. The van der Waals surface area contributed by atoms with Gasteiger partial charge in [0.1, 0.15) is 17.9 Å². The quantitative estimate of drug-likeness (QED) is 0.417. The third kappa shape index (κ3) is 5.51. The monoisotopic (exact) mass is 511 g/mol. The maximum Gasteiger partial charge on any atom is 0.293 e. The molecule has 0 atom stereocenters. The van der Waals surface area contributed by atoms with Crippen molar-refractivity contribution >= 4 is 52.0 Å². The number of benzene rings is 1. The van der Waals surface area contributed by atoms with E-state index in [0.717, 1.165) is 35.7 Å².